The Balaban J connectivity index is 2.04. The van der Waals surface area contributed by atoms with E-state index in [1.165, 1.54) is 38.5 Å². The molecule has 0 aromatic carbocycles. The van der Waals surface area contributed by atoms with Crippen LogP contribution in [0.3, 0.4) is 0 Å². The van der Waals surface area contributed by atoms with Crippen molar-refractivity contribution in [2.45, 2.75) is 65.4 Å². The molecule has 0 aromatic rings. The smallest absolute Gasteiger partial charge is 0.0700 e. The van der Waals surface area contributed by atoms with Gasteiger partial charge in [-0.1, -0.05) is 40.0 Å². The van der Waals surface area contributed by atoms with E-state index in [0.717, 1.165) is 19.7 Å². The average molecular weight is 227 g/mol. The highest BCUT2D eigenvalue weighted by Gasteiger charge is 2.19. The minimum atomic E-state index is 0.438. The van der Waals surface area contributed by atoms with E-state index in [1.54, 1.807) is 0 Å². The summed E-state index contributed by atoms with van der Waals surface area (Å²) in [6.07, 6.45) is 8.35. The summed E-state index contributed by atoms with van der Waals surface area (Å²) in [6.45, 7) is 10.1. The molecule has 96 valence electrons. The molecule has 2 nitrogen and oxygen atoms in total. The summed E-state index contributed by atoms with van der Waals surface area (Å²) in [4.78, 5) is 0. The lowest BCUT2D eigenvalue weighted by Crippen LogP contribution is -2.34. The molecule has 1 aliphatic heterocycles. The summed E-state index contributed by atoms with van der Waals surface area (Å²) in [5.74, 6) is 0. The third-order valence-corrected chi connectivity index (χ3v) is 3.46. The van der Waals surface area contributed by atoms with Gasteiger partial charge in [-0.3, -0.25) is 0 Å². The summed E-state index contributed by atoms with van der Waals surface area (Å²) in [7, 11) is 0. The van der Waals surface area contributed by atoms with Crippen LogP contribution in [-0.2, 0) is 4.74 Å². The van der Waals surface area contributed by atoms with Crippen molar-refractivity contribution >= 4 is 0 Å². The van der Waals surface area contributed by atoms with E-state index >= 15 is 0 Å². The predicted octanol–water partition coefficient (Wildman–Crippen LogP) is 3.36. The lowest BCUT2D eigenvalue weighted by Gasteiger charge is -2.25. The van der Waals surface area contributed by atoms with Crippen molar-refractivity contribution in [1.29, 1.82) is 0 Å². The Morgan fingerprint density at radius 3 is 2.75 bits per heavy atom. The van der Waals surface area contributed by atoms with Crippen molar-refractivity contribution < 1.29 is 4.74 Å². The Kier molecular flexibility index (Phi) is 6.37. The van der Waals surface area contributed by atoms with Crippen LogP contribution in [0.15, 0.2) is 0 Å². The average Bonchev–Trinajstić information content (AvgIpc) is 2.70. The first-order valence-electron chi connectivity index (χ1n) is 6.96. The Morgan fingerprint density at radius 2 is 2.12 bits per heavy atom. The zero-order valence-corrected chi connectivity index (χ0v) is 11.3. The second kappa shape index (κ2) is 7.29. The molecule has 2 heteroatoms. The number of unbranched alkanes of at least 4 members (excludes halogenated alkanes) is 2. The van der Waals surface area contributed by atoms with Crippen LogP contribution in [0.5, 0.6) is 0 Å². The molecule has 1 aliphatic rings. The van der Waals surface area contributed by atoms with Crippen LogP contribution in [-0.4, -0.2) is 25.8 Å². The Bertz CT molecular complexity index is 174. The fourth-order valence-electron chi connectivity index (χ4n) is 2.32. The SMILES string of the molecule is CCCCCC(C)(C)CNCC1CCCO1. The van der Waals surface area contributed by atoms with E-state index in [-0.39, 0.29) is 0 Å². The minimum absolute atomic E-state index is 0.438. The van der Waals surface area contributed by atoms with Gasteiger partial charge >= 0.3 is 0 Å². The van der Waals surface area contributed by atoms with E-state index in [9.17, 15) is 0 Å². The number of hydrogen-bond acceptors (Lipinski definition) is 2. The summed E-state index contributed by atoms with van der Waals surface area (Å²) in [6, 6.07) is 0. The van der Waals surface area contributed by atoms with Gasteiger partial charge in [-0.2, -0.15) is 0 Å². The predicted molar refractivity (Wildman–Crippen MR) is 69.8 cm³/mol. The maximum absolute atomic E-state index is 5.60. The minimum Gasteiger partial charge on any atom is -0.377 e. The van der Waals surface area contributed by atoms with Gasteiger partial charge in [0.05, 0.1) is 6.10 Å². The molecule has 0 radical (unpaired) electrons. The molecule has 0 aromatic heterocycles. The molecule has 1 saturated heterocycles. The summed E-state index contributed by atoms with van der Waals surface area (Å²) < 4.78 is 5.60. The molecule has 0 amide bonds. The number of hydrogen-bond donors (Lipinski definition) is 1. The zero-order chi connectivity index (χ0) is 11.9. The number of rotatable bonds is 8. The Hall–Kier alpha value is -0.0800. The monoisotopic (exact) mass is 227 g/mol. The van der Waals surface area contributed by atoms with E-state index in [1.807, 2.05) is 0 Å². The molecule has 16 heavy (non-hydrogen) atoms. The molecule has 0 aliphatic carbocycles. The molecular weight excluding hydrogens is 198 g/mol. The highest BCUT2D eigenvalue weighted by molar-refractivity contribution is 4.74. The van der Waals surface area contributed by atoms with Crippen molar-refractivity contribution in [3.63, 3.8) is 0 Å². The lowest BCUT2D eigenvalue weighted by atomic mass is 9.87. The Morgan fingerprint density at radius 1 is 1.31 bits per heavy atom. The molecule has 1 fully saturated rings. The Labute approximate surface area is 101 Å². The van der Waals surface area contributed by atoms with Crippen LogP contribution in [0.25, 0.3) is 0 Å². The van der Waals surface area contributed by atoms with E-state index in [2.05, 4.69) is 26.1 Å². The van der Waals surface area contributed by atoms with Gasteiger partial charge in [0.15, 0.2) is 0 Å². The highest BCUT2D eigenvalue weighted by Crippen LogP contribution is 2.22. The fourth-order valence-corrected chi connectivity index (χ4v) is 2.32. The van der Waals surface area contributed by atoms with Gasteiger partial charge in [-0.05, 0) is 24.7 Å². The summed E-state index contributed by atoms with van der Waals surface area (Å²) in [5.41, 5.74) is 0.438. The summed E-state index contributed by atoms with van der Waals surface area (Å²) in [5, 5.41) is 3.57. The maximum Gasteiger partial charge on any atom is 0.0700 e. The number of nitrogens with one attached hydrogen (secondary N) is 1. The molecule has 1 rings (SSSR count). The first kappa shape index (κ1) is 14.0. The van der Waals surface area contributed by atoms with Gasteiger partial charge in [0.1, 0.15) is 0 Å². The molecule has 0 bridgehead atoms. The van der Waals surface area contributed by atoms with Crippen LogP contribution < -0.4 is 5.32 Å². The summed E-state index contributed by atoms with van der Waals surface area (Å²) >= 11 is 0. The maximum atomic E-state index is 5.60. The van der Waals surface area contributed by atoms with Crippen molar-refractivity contribution in [3.05, 3.63) is 0 Å². The fraction of sp³-hybridized carbons (Fsp3) is 1.00. The van der Waals surface area contributed by atoms with Crippen molar-refractivity contribution in [1.82, 2.24) is 5.32 Å². The van der Waals surface area contributed by atoms with Gasteiger partial charge in [-0.25, -0.2) is 0 Å². The molecule has 1 heterocycles. The lowest BCUT2D eigenvalue weighted by molar-refractivity contribution is 0.107. The van der Waals surface area contributed by atoms with Gasteiger partial charge < -0.3 is 10.1 Å². The third-order valence-electron chi connectivity index (χ3n) is 3.46. The van der Waals surface area contributed by atoms with Gasteiger partial charge in [0.2, 0.25) is 0 Å². The largest absolute Gasteiger partial charge is 0.377 e. The van der Waals surface area contributed by atoms with Crippen LogP contribution in [0, 0.1) is 5.41 Å². The second-order valence-electron chi connectivity index (χ2n) is 5.89. The molecule has 1 atom stereocenters. The highest BCUT2D eigenvalue weighted by atomic mass is 16.5. The third kappa shape index (κ3) is 5.86. The van der Waals surface area contributed by atoms with E-state index in [4.69, 9.17) is 4.74 Å². The first-order valence-corrected chi connectivity index (χ1v) is 6.96. The van der Waals surface area contributed by atoms with E-state index < -0.39 is 0 Å². The van der Waals surface area contributed by atoms with Crippen molar-refractivity contribution in [3.8, 4) is 0 Å². The van der Waals surface area contributed by atoms with Crippen molar-refractivity contribution in [2.24, 2.45) is 5.41 Å². The van der Waals surface area contributed by atoms with Crippen LogP contribution in [0.4, 0.5) is 0 Å². The second-order valence-corrected chi connectivity index (χ2v) is 5.89. The molecule has 0 spiro atoms. The van der Waals surface area contributed by atoms with E-state index in [0.29, 0.717) is 11.5 Å². The normalized spacial score (nSPS) is 21.6. The van der Waals surface area contributed by atoms with Gasteiger partial charge in [0, 0.05) is 19.7 Å². The van der Waals surface area contributed by atoms with Crippen LogP contribution in [0.2, 0.25) is 0 Å². The molecule has 0 saturated carbocycles. The first-order chi connectivity index (χ1) is 7.64. The van der Waals surface area contributed by atoms with Gasteiger partial charge in [0.25, 0.3) is 0 Å². The molecule has 1 N–H and O–H groups in total. The van der Waals surface area contributed by atoms with Gasteiger partial charge in [-0.15, -0.1) is 0 Å². The quantitative estimate of drug-likeness (QED) is 0.642. The van der Waals surface area contributed by atoms with Crippen LogP contribution >= 0.6 is 0 Å². The molecular formula is C14H29NO. The van der Waals surface area contributed by atoms with Crippen molar-refractivity contribution in [2.75, 3.05) is 19.7 Å². The molecule has 1 unspecified atom stereocenters. The van der Waals surface area contributed by atoms with Crippen LogP contribution in [0.1, 0.15) is 59.3 Å². The topological polar surface area (TPSA) is 21.3 Å². The number of ether oxygens (including phenoxy) is 1. The zero-order valence-electron chi connectivity index (χ0n) is 11.3. The standard InChI is InChI=1S/C14H29NO/c1-4-5-6-9-14(2,3)12-15-11-13-8-7-10-16-13/h13,15H,4-12H2,1-3H3.